The van der Waals surface area contributed by atoms with Gasteiger partial charge in [-0.1, -0.05) is 18.2 Å². The molecule has 0 radical (unpaired) electrons. The van der Waals surface area contributed by atoms with Crippen LogP contribution in [-0.2, 0) is 0 Å². The Morgan fingerprint density at radius 2 is 2.00 bits per heavy atom. The second-order valence-corrected chi connectivity index (χ2v) is 4.85. The first-order chi connectivity index (χ1) is 9.67. The summed E-state index contributed by atoms with van der Waals surface area (Å²) in [6.45, 7) is 6.82. The van der Waals surface area contributed by atoms with Crippen LogP contribution in [0.5, 0.6) is 0 Å². The molecule has 0 unspecified atom stereocenters. The lowest BCUT2D eigenvalue weighted by atomic mass is 10.2. The number of nitrogens with one attached hydrogen (secondary N) is 1. The van der Waals surface area contributed by atoms with E-state index in [-0.39, 0.29) is 0 Å². The molecule has 0 saturated heterocycles. The van der Waals surface area contributed by atoms with E-state index in [4.69, 9.17) is 4.42 Å². The minimum absolute atomic E-state index is 0.639. The quantitative estimate of drug-likeness (QED) is 0.781. The van der Waals surface area contributed by atoms with Gasteiger partial charge in [0.2, 0.25) is 5.95 Å². The molecule has 0 atom stereocenters. The fourth-order valence-electron chi connectivity index (χ4n) is 2.27. The van der Waals surface area contributed by atoms with Gasteiger partial charge in [0, 0.05) is 17.6 Å². The van der Waals surface area contributed by atoms with E-state index in [2.05, 4.69) is 21.4 Å². The Labute approximate surface area is 117 Å². The molecule has 1 N–H and O–H groups in total. The number of anilines is 1. The summed E-state index contributed by atoms with van der Waals surface area (Å²) >= 11 is 0. The van der Waals surface area contributed by atoms with Crippen LogP contribution in [0.3, 0.4) is 0 Å². The van der Waals surface area contributed by atoms with E-state index in [0.29, 0.717) is 5.95 Å². The van der Waals surface area contributed by atoms with Crippen molar-refractivity contribution in [2.24, 2.45) is 0 Å². The summed E-state index contributed by atoms with van der Waals surface area (Å²) in [5, 5.41) is 4.24. The molecule has 0 spiro atoms. The Balaban J connectivity index is 2.12. The van der Waals surface area contributed by atoms with Crippen LogP contribution in [0.4, 0.5) is 5.95 Å². The average molecular weight is 267 g/mol. The SMILES string of the molecule is CCNc1nc(C)cc(-c2cc3cccc(C)c3o2)n1. The van der Waals surface area contributed by atoms with E-state index in [1.807, 2.05) is 45.0 Å². The zero-order valence-electron chi connectivity index (χ0n) is 11.9. The number of aromatic nitrogens is 2. The van der Waals surface area contributed by atoms with Gasteiger partial charge in [0.25, 0.3) is 0 Å². The smallest absolute Gasteiger partial charge is 0.223 e. The third kappa shape index (κ3) is 2.25. The van der Waals surface area contributed by atoms with E-state index in [1.165, 1.54) is 0 Å². The van der Waals surface area contributed by atoms with Crippen LogP contribution >= 0.6 is 0 Å². The van der Waals surface area contributed by atoms with Gasteiger partial charge in [0.15, 0.2) is 5.76 Å². The van der Waals surface area contributed by atoms with Gasteiger partial charge in [-0.15, -0.1) is 0 Å². The summed E-state index contributed by atoms with van der Waals surface area (Å²) in [7, 11) is 0. The second kappa shape index (κ2) is 4.96. The van der Waals surface area contributed by atoms with Gasteiger partial charge in [-0.2, -0.15) is 0 Å². The van der Waals surface area contributed by atoms with Crippen LogP contribution in [-0.4, -0.2) is 16.5 Å². The van der Waals surface area contributed by atoms with Crippen LogP contribution in [0.25, 0.3) is 22.4 Å². The highest BCUT2D eigenvalue weighted by atomic mass is 16.3. The van der Waals surface area contributed by atoms with E-state index < -0.39 is 0 Å². The molecule has 0 amide bonds. The third-order valence-electron chi connectivity index (χ3n) is 3.18. The maximum absolute atomic E-state index is 5.95. The van der Waals surface area contributed by atoms with Gasteiger partial charge in [-0.3, -0.25) is 0 Å². The van der Waals surface area contributed by atoms with E-state index >= 15 is 0 Å². The lowest BCUT2D eigenvalue weighted by Gasteiger charge is -2.04. The maximum Gasteiger partial charge on any atom is 0.223 e. The zero-order chi connectivity index (χ0) is 14.1. The standard InChI is InChI=1S/C16H17N3O/c1-4-17-16-18-11(3)8-13(19-16)14-9-12-7-5-6-10(2)15(12)20-14/h5-9H,4H2,1-3H3,(H,17,18,19). The molecule has 0 saturated carbocycles. The average Bonchev–Trinajstić information content (AvgIpc) is 2.84. The van der Waals surface area contributed by atoms with E-state index in [0.717, 1.165) is 40.2 Å². The molecule has 20 heavy (non-hydrogen) atoms. The number of hydrogen-bond acceptors (Lipinski definition) is 4. The number of furan rings is 1. The molecule has 0 aliphatic carbocycles. The summed E-state index contributed by atoms with van der Waals surface area (Å²) in [6.07, 6.45) is 0. The first-order valence-electron chi connectivity index (χ1n) is 6.76. The van der Waals surface area contributed by atoms with Gasteiger partial charge in [0.1, 0.15) is 11.3 Å². The van der Waals surface area contributed by atoms with Crippen molar-refractivity contribution in [1.82, 2.24) is 9.97 Å². The molecule has 4 heteroatoms. The fraction of sp³-hybridized carbons (Fsp3) is 0.250. The van der Waals surface area contributed by atoms with Gasteiger partial charge < -0.3 is 9.73 Å². The van der Waals surface area contributed by atoms with Crippen molar-refractivity contribution in [1.29, 1.82) is 0 Å². The van der Waals surface area contributed by atoms with Crippen LogP contribution in [0.2, 0.25) is 0 Å². The summed E-state index contributed by atoms with van der Waals surface area (Å²) in [4.78, 5) is 8.86. The van der Waals surface area contributed by atoms with Gasteiger partial charge in [-0.05, 0) is 38.5 Å². The van der Waals surface area contributed by atoms with E-state index in [9.17, 15) is 0 Å². The van der Waals surface area contributed by atoms with Crippen molar-refractivity contribution in [3.05, 3.63) is 41.6 Å². The van der Waals surface area contributed by atoms with Crippen molar-refractivity contribution in [3.63, 3.8) is 0 Å². The molecular weight excluding hydrogens is 250 g/mol. The third-order valence-corrected chi connectivity index (χ3v) is 3.18. The normalized spacial score (nSPS) is 10.9. The number of para-hydroxylation sites is 1. The molecule has 4 nitrogen and oxygen atoms in total. The molecule has 0 aliphatic heterocycles. The fourth-order valence-corrected chi connectivity index (χ4v) is 2.27. The molecule has 1 aromatic carbocycles. The van der Waals surface area contributed by atoms with Gasteiger partial charge in [-0.25, -0.2) is 9.97 Å². The molecular formula is C16H17N3O. The van der Waals surface area contributed by atoms with Crippen LogP contribution in [0, 0.1) is 13.8 Å². The highest BCUT2D eigenvalue weighted by Crippen LogP contribution is 2.29. The molecule has 102 valence electrons. The second-order valence-electron chi connectivity index (χ2n) is 4.85. The highest BCUT2D eigenvalue weighted by molar-refractivity contribution is 5.84. The lowest BCUT2D eigenvalue weighted by Crippen LogP contribution is -2.03. The Morgan fingerprint density at radius 3 is 2.75 bits per heavy atom. The topological polar surface area (TPSA) is 51.0 Å². The highest BCUT2D eigenvalue weighted by Gasteiger charge is 2.11. The van der Waals surface area contributed by atoms with Crippen molar-refractivity contribution < 1.29 is 4.42 Å². The Bertz CT molecular complexity index is 762. The Hall–Kier alpha value is -2.36. The Kier molecular flexibility index (Phi) is 3.14. The monoisotopic (exact) mass is 267 g/mol. The van der Waals surface area contributed by atoms with Crippen molar-refractivity contribution in [3.8, 4) is 11.5 Å². The lowest BCUT2D eigenvalue weighted by molar-refractivity contribution is 0.625. The number of nitrogens with zero attached hydrogens (tertiary/aromatic N) is 2. The van der Waals surface area contributed by atoms with Crippen LogP contribution in [0.1, 0.15) is 18.2 Å². The van der Waals surface area contributed by atoms with Crippen molar-refractivity contribution in [2.75, 3.05) is 11.9 Å². The molecule has 3 aromatic rings. The maximum atomic E-state index is 5.95. The van der Waals surface area contributed by atoms with Crippen LogP contribution in [0.15, 0.2) is 34.7 Å². The minimum atomic E-state index is 0.639. The summed E-state index contributed by atoms with van der Waals surface area (Å²) in [5.41, 5.74) is 3.78. The molecule has 0 bridgehead atoms. The number of fused-ring (bicyclic) bond motifs is 1. The number of benzene rings is 1. The largest absolute Gasteiger partial charge is 0.454 e. The minimum Gasteiger partial charge on any atom is -0.454 e. The number of hydrogen-bond donors (Lipinski definition) is 1. The molecule has 2 aromatic heterocycles. The van der Waals surface area contributed by atoms with Crippen molar-refractivity contribution >= 4 is 16.9 Å². The van der Waals surface area contributed by atoms with Gasteiger partial charge >= 0.3 is 0 Å². The van der Waals surface area contributed by atoms with E-state index in [1.54, 1.807) is 0 Å². The predicted molar refractivity (Wildman–Crippen MR) is 80.9 cm³/mol. The first kappa shape index (κ1) is 12.7. The zero-order valence-corrected chi connectivity index (χ0v) is 11.9. The summed E-state index contributed by atoms with van der Waals surface area (Å²) in [5.74, 6) is 1.42. The Morgan fingerprint density at radius 1 is 1.15 bits per heavy atom. The molecule has 2 heterocycles. The summed E-state index contributed by atoms with van der Waals surface area (Å²) in [6, 6.07) is 10.1. The molecule has 0 aliphatic rings. The number of aryl methyl sites for hydroxylation is 2. The molecule has 0 fully saturated rings. The first-order valence-corrected chi connectivity index (χ1v) is 6.76. The van der Waals surface area contributed by atoms with Gasteiger partial charge in [0.05, 0.1) is 0 Å². The summed E-state index contributed by atoms with van der Waals surface area (Å²) < 4.78 is 5.95. The van der Waals surface area contributed by atoms with Crippen molar-refractivity contribution in [2.45, 2.75) is 20.8 Å². The molecule has 3 rings (SSSR count). The predicted octanol–water partition coefficient (Wildman–Crippen LogP) is 3.94. The van der Waals surface area contributed by atoms with Crippen LogP contribution < -0.4 is 5.32 Å². The number of rotatable bonds is 3.